The van der Waals surface area contributed by atoms with Crippen LogP contribution in [0.3, 0.4) is 0 Å². The largest absolute Gasteiger partial charge is 0.480 e. The van der Waals surface area contributed by atoms with E-state index in [0.29, 0.717) is 12.8 Å². The van der Waals surface area contributed by atoms with Crippen molar-refractivity contribution in [2.75, 3.05) is 19.6 Å². The third kappa shape index (κ3) is 3.34. The number of rotatable bonds is 4. The Morgan fingerprint density at radius 2 is 1.75 bits per heavy atom. The van der Waals surface area contributed by atoms with Crippen LogP contribution >= 0.6 is 0 Å². The first kappa shape index (κ1) is 17.4. The zero-order chi connectivity index (χ0) is 17.3. The summed E-state index contributed by atoms with van der Waals surface area (Å²) in [5, 5.41) is 9.60. The number of benzene rings is 1. The van der Waals surface area contributed by atoms with Gasteiger partial charge in [0.05, 0.1) is 4.90 Å². The van der Waals surface area contributed by atoms with Crippen molar-refractivity contribution in [3.05, 3.63) is 29.8 Å². The van der Waals surface area contributed by atoms with E-state index in [9.17, 15) is 18.3 Å². The van der Waals surface area contributed by atoms with Gasteiger partial charge in [-0.05, 0) is 57.8 Å². The fourth-order valence-electron chi connectivity index (χ4n) is 3.72. The minimum absolute atomic E-state index is 0.165. The molecule has 2 fully saturated rings. The number of carbonyl (C=O) groups is 1. The summed E-state index contributed by atoms with van der Waals surface area (Å²) in [4.78, 5) is 14.2. The highest BCUT2D eigenvalue weighted by atomic mass is 32.2. The van der Waals surface area contributed by atoms with E-state index in [1.807, 2.05) is 6.92 Å². The lowest BCUT2D eigenvalue weighted by Gasteiger charge is -2.39. The highest BCUT2D eigenvalue weighted by Crippen LogP contribution is 2.29. The van der Waals surface area contributed by atoms with Crippen LogP contribution in [0.25, 0.3) is 0 Å². The van der Waals surface area contributed by atoms with Crippen LogP contribution in [-0.2, 0) is 14.8 Å². The van der Waals surface area contributed by atoms with Crippen LogP contribution in [0, 0.1) is 6.92 Å². The number of nitrogens with zero attached hydrogens (tertiary/aromatic N) is 2. The van der Waals surface area contributed by atoms with Crippen LogP contribution < -0.4 is 0 Å². The topological polar surface area (TPSA) is 77.9 Å². The third-order valence-electron chi connectivity index (χ3n) is 5.10. The van der Waals surface area contributed by atoms with Gasteiger partial charge in [-0.3, -0.25) is 4.79 Å². The molecule has 0 spiro atoms. The fraction of sp³-hybridized carbons (Fsp3) is 0.588. The van der Waals surface area contributed by atoms with Crippen molar-refractivity contribution < 1.29 is 18.3 Å². The number of sulfonamides is 1. The molecule has 132 valence electrons. The Hall–Kier alpha value is -1.44. The van der Waals surface area contributed by atoms with E-state index in [1.54, 1.807) is 24.3 Å². The Balaban J connectivity index is 1.83. The van der Waals surface area contributed by atoms with Crippen molar-refractivity contribution in [3.63, 3.8) is 0 Å². The first-order valence-corrected chi connectivity index (χ1v) is 9.89. The molecule has 3 rings (SSSR count). The van der Waals surface area contributed by atoms with Gasteiger partial charge in [-0.15, -0.1) is 0 Å². The van der Waals surface area contributed by atoms with E-state index in [2.05, 4.69) is 4.90 Å². The maximum absolute atomic E-state index is 12.9. The van der Waals surface area contributed by atoms with Gasteiger partial charge >= 0.3 is 5.97 Å². The highest BCUT2D eigenvalue weighted by Gasteiger charge is 2.42. The fourth-order valence-corrected chi connectivity index (χ4v) is 5.33. The molecule has 7 heteroatoms. The Kier molecular flexibility index (Phi) is 4.94. The Morgan fingerprint density at radius 1 is 1.12 bits per heavy atom. The zero-order valence-electron chi connectivity index (χ0n) is 13.9. The summed E-state index contributed by atoms with van der Waals surface area (Å²) in [6.45, 7) is 4.12. The summed E-state index contributed by atoms with van der Waals surface area (Å²) in [5.74, 6) is -1.06. The standard InChI is InChI=1S/C17H24N2O4S/c1-13-4-6-15(7-5-13)24(22,23)19-11-8-14(12-16(19)17(20)21)18-9-2-3-10-18/h4-7,14,16H,2-3,8-12H2,1H3,(H,20,21). The molecule has 1 N–H and O–H groups in total. The first-order valence-electron chi connectivity index (χ1n) is 8.45. The van der Waals surface area contributed by atoms with E-state index >= 15 is 0 Å². The van der Waals surface area contributed by atoms with E-state index in [1.165, 1.54) is 4.31 Å². The molecule has 0 aliphatic carbocycles. The highest BCUT2D eigenvalue weighted by molar-refractivity contribution is 7.89. The average Bonchev–Trinajstić information content (AvgIpc) is 3.09. The molecule has 0 bridgehead atoms. The van der Waals surface area contributed by atoms with E-state index in [0.717, 1.165) is 31.5 Å². The molecule has 0 aromatic heterocycles. The Bertz CT molecular complexity index is 696. The summed E-state index contributed by atoms with van der Waals surface area (Å²) in [7, 11) is -3.79. The van der Waals surface area contributed by atoms with Gasteiger partial charge in [0.2, 0.25) is 10.0 Å². The van der Waals surface area contributed by atoms with Crippen LogP contribution in [0.5, 0.6) is 0 Å². The first-order chi connectivity index (χ1) is 11.4. The van der Waals surface area contributed by atoms with Crippen LogP contribution in [0.1, 0.15) is 31.2 Å². The molecule has 2 unspecified atom stereocenters. The molecule has 1 aromatic carbocycles. The monoisotopic (exact) mass is 352 g/mol. The molecule has 0 radical (unpaired) electrons. The van der Waals surface area contributed by atoms with Crippen molar-refractivity contribution in [3.8, 4) is 0 Å². The molecule has 2 heterocycles. The quantitative estimate of drug-likeness (QED) is 0.892. The van der Waals surface area contributed by atoms with Crippen molar-refractivity contribution in [1.29, 1.82) is 0 Å². The van der Waals surface area contributed by atoms with Crippen LogP contribution in [0.4, 0.5) is 0 Å². The number of hydrogen-bond donors (Lipinski definition) is 1. The molecule has 2 aliphatic heterocycles. The number of carboxylic acid groups (broad SMARTS) is 1. The lowest BCUT2D eigenvalue weighted by atomic mass is 9.98. The van der Waals surface area contributed by atoms with E-state index in [4.69, 9.17) is 0 Å². The number of aliphatic carboxylic acids is 1. The number of aryl methyl sites for hydroxylation is 1. The second-order valence-corrected chi connectivity index (χ2v) is 8.59. The molecule has 1 aromatic rings. The van der Waals surface area contributed by atoms with E-state index in [-0.39, 0.29) is 17.5 Å². The summed E-state index contributed by atoms with van der Waals surface area (Å²) in [5.41, 5.74) is 0.969. The Labute approximate surface area is 143 Å². The Morgan fingerprint density at radius 3 is 2.33 bits per heavy atom. The molecule has 24 heavy (non-hydrogen) atoms. The molecular weight excluding hydrogens is 328 g/mol. The number of likely N-dealkylation sites (tertiary alicyclic amines) is 1. The maximum atomic E-state index is 12.9. The van der Waals surface area contributed by atoms with Gasteiger partial charge in [0.1, 0.15) is 6.04 Å². The predicted molar refractivity (Wildman–Crippen MR) is 90.3 cm³/mol. The van der Waals surface area contributed by atoms with Gasteiger partial charge in [-0.1, -0.05) is 17.7 Å². The SMILES string of the molecule is Cc1ccc(S(=O)(=O)N2CCC(N3CCCC3)CC2C(=O)O)cc1. The number of hydrogen-bond acceptors (Lipinski definition) is 4. The maximum Gasteiger partial charge on any atom is 0.322 e. The number of piperidine rings is 1. The lowest BCUT2D eigenvalue weighted by molar-refractivity contribution is -0.143. The summed E-state index contributed by atoms with van der Waals surface area (Å²) >= 11 is 0. The normalized spacial score (nSPS) is 26.5. The van der Waals surface area contributed by atoms with Crippen LogP contribution in [0.2, 0.25) is 0 Å². The smallest absolute Gasteiger partial charge is 0.322 e. The second-order valence-electron chi connectivity index (χ2n) is 6.70. The van der Waals surface area contributed by atoms with Crippen molar-refractivity contribution >= 4 is 16.0 Å². The van der Waals surface area contributed by atoms with Crippen molar-refractivity contribution in [2.45, 2.75) is 49.6 Å². The van der Waals surface area contributed by atoms with Gasteiger partial charge in [0, 0.05) is 12.6 Å². The van der Waals surface area contributed by atoms with Crippen LogP contribution in [-0.4, -0.2) is 60.4 Å². The van der Waals surface area contributed by atoms with Crippen molar-refractivity contribution in [2.24, 2.45) is 0 Å². The second kappa shape index (κ2) is 6.82. The third-order valence-corrected chi connectivity index (χ3v) is 7.02. The van der Waals surface area contributed by atoms with E-state index < -0.39 is 22.0 Å². The zero-order valence-corrected chi connectivity index (χ0v) is 14.7. The molecule has 2 atom stereocenters. The average molecular weight is 352 g/mol. The van der Waals surface area contributed by atoms with Gasteiger partial charge in [-0.2, -0.15) is 4.31 Å². The summed E-state index contributed by atoms with van der Waals surface area (Å²) < 4.78 is 27.0. The summed E-state index contributed by atoms with van der Waals surface area (Å²) in [6.07, 6.45) is 3.33. The molecular formula is C17H24N2O4S. The van der Waals surface area contributed by atoms with Crippen molar-refractivity contribution in [1.82, 2.24) is 9.21 Å². The predicted octanol–water partition coefficient (Wildman–Crippen LogP) is 1.70. The number of carboxylic acids is 1. The molecule has 6 nitrogen and oxygen atoms in total. The van der Waals surface area contributed by atoms with Gasteiger partial charge in [0.15, 0.2) is 0 Å². The molecule has 2 aliphatic rings. The minimum atomic E-state index is -3.79. The van der Waals surface area contributed by atoms with Gasteiger partial charge < -0.3 is 10.0 Å². The molecule has 0 amide bonds. The minimum Gasteiger partial charge on any atom is -0.480 e. The molecule has 0 saturated carbocycles. The summed E-state index contributed by atoms with van der Waals surface area (Å²) in [6, 6.07) is 5.75. The van der Waals surface area contributed by atoms with Gasteiger partial charge in [-0.25, -0.2) is 8.42 Å². The molecule has 2 saturated heterocycles. The lowest BCUT2D eigenvalue weighted by Crippen LogP contribution is -2.54. The van der Waals surface area contributed by atoms with Gasteiger partial charge in [0.25, 0.3) is 0 Å². The van der Waals surface area contributed by atoms with Crippen LogP contribution in [0.15, 0.2) is 29.2 Å².